The number of aromatic nitrogens is 3. The molecule has 1 fully saturated rings. The van der Waals surface area contributed by atoms with Gasteiger partial charge in [0, 0.05) is 19.3 Å². The Balaban J connectivity index is 1.82. The van der Waals surface area contributed by atoms with E-state index >= 15 is 0 Å². The van der Waals surface area contributed by atoms with Crippen LogP contribution in [0.25, 0.3) is 11.2 Å². The molecule has 0 N–H and O–H groups in total. The fourth-order valence-electron chi connectivity index (χ4n) is 3.04. The number of carbonyl (C=O) groups is 1. The molecule has 1 aliphatic heterocycles. The third kappa shape index (κ3) is 3.09. The number of ether oxygens (including phenoxy) is 1. The molecule has 1 aliphatic rings. The SMILES string of the molecule is O=C(c1nc2cccnc2n(Cc2ccccc2)c1=O)N1CCOCC1. The number of amides is 1. The first-order valence-electron chi connectivity index (χ1n) is 8.50. The minimum Gasteiger partial charge on any atom is -0.378 e. The van der Waals surface area contributed by atoms with Gasteiger partial charge in [0.05, 0.1) is 19.8 Å². The zero-order valence-corrected chi connectivity index (χ0v) is 14.2. The molecule has 1 saturated heterocycles. The fourth-order valence-corrected chi connectivity index (χ4v) is 3.04. The number of carbonyl (C=O) groups excluding carboxylic acids is 1. The predicted molar refractivity (Wildman–Crippen MR) is 96.1 cm³/mol. The molecule has 3 heterocycles. The van der Waals surface area contributed by atoms with Crippen LogP contribution in [-0.2, 0) is 11.3 Å². The summed E-state index contributed by atoms with van der Waals surface area (Å²) in [7, 11) is 0. The highest BCUT2D eigenvalue weighted by Crippen LogP contribution is 2.11. The van der Waals surface area contributed by atoms with Gasteiger partial charge in [-0.25, -0.2) is 9.97 Å². The van der Waals surface area contributed by atoms with Gasteiger partial charge in [-0.1, -0.05) is 30.3 Å². The second kappa shape index (κ2) is 7.05. The highest BCUT2D eigenvalue weighted by atomic mass is 16.5. The highest BCUT2D eigenvalue weighted by Gasteiger charge is 2.24. The summed E-state index contributed by atoms with van der Waals surface area (Å²) >= 11 is 0. The summed E-state index contributed by atoms with van der Waals surface area (Å²) in [4.78, 5) is 36.1. The van der Waals surface area contributed by atoms with Gasteiger partial charge in [-0.3, -0.25) is 14.2 Å². The van der Waals surface area contributed by atoms with Crippen molar-refractivity contribution in [3.8, 4) is 0 Å². The normalized spacial score (nSPS) is 14.5. The summed E-state index contributed by atoms with van der Waals surface area (Å²) in [5.74, 6) is -0.356. The molecule has 1 aromatic carbocycles. The van der Waals surface area contributed by atoms with Crippen LogP contribution in [0.15, 0.2) is 53.5 Å². The lowest BCUT2D eigenvalue weighted by Crippen LogP contribution is -2.44. The first-order valence-corrected chi connectivity index (χ1v) is 8.50. The molecular formula is C19H18N4O3. The Bertz CT molecular complexity index is 995. The molecule has 0 atom stereocenters. The quantitative estimate of drug-likeness (QED) is 0.712. The Labute approximate surface area is 149 Å². The van der Waals surface area contributed by atoms with Crippen LogP contribution in [0, 0.1) is 0 Å². The van der Waals surface area contributed by atoms with Gasteiger partial charge in [-0.15, -0.1) is 0 Å². The molecule has 0 aliphatic carbocycles. The standard InChI is InChI=1S/C19H18N4O3/c24-18(22-9-11-26-12-10-22)16-19(25)23(13-14-5-2-1-3-6-14)17-15(21-16)7-4-8-20-17/h1-8H,9-13H2. The number of fused-ring (bicyclic) bond motifs is 1. The third-order valence-electron chi connectivity index (χ3n) is 4.39. The van der Waals surface area contributed by atoms with Crippen molar-refractivity contribution in [1.82, 2.24) is 19.4 Å². The molecule has 0 radical (unpaired) electrons. The van der Waals surface area contributed by atoms with Crippen molar-refractivity contribution < 1.29 is 9.53 Å². The van der Waals surface area contributed by atoms with Gasteiger partial charge >= 0.3 is 0 Å². The number of morpholine rings is 1. The van der Waals surface area contributed by atoms with E-state index in [0.29, 0.717) is 44.0 Å². The lowest BCUT2D eigenvalue weighted by molar-refractivity contribution is 0.0297. The topological polar surface area (TPSA) is 77.3 Å². The van der Waals surface area contributed by atoms with E-state index in [2.05, 4.69) is 9.97 Å². The Morgan fingerprint density at radius 3 is 2.62 bits per heavy atom. The van der Waals surface area contributed by atoms with E-state index in [1.54, 1.807) is 23.2 Å². The van der Waals surface area contributed by atoms with Crippen molar-refractivity contribution in [3.63, 3.8) is 0 Å². The maximum absolute atomic E-state index is 13.1. The van der Waals surface area contributed by atoms with E-state index in [-0.39, 0.29) is 11.6 Å². The van der Waals surface area contributed by atoms with E-state index in [0.717, 1.165) is 5.56 Å². The third-order valence-corrected chi connectivity index (χ3v) is 4.39. The molecule has 0 spiro atoms. The molecule has 1 amide bonds. The smallest absolute Gasteiger partial charge is 0.284 e. The van der Waals surface area contributed by atoms with Gasteiger partial charge in [0.15, 0.2) is 11.3 Å². The maximum Gasteiger partial charge on any atom is 0.284 e. The summed E-state index contributed by atoms with van der Waals surface area (Å²) in [5, 5.41) is 0. The van der Waals surface area contributed by atoms with E-state index in [1.165, 1.54) is 4.57 Å². The number of pyridine rings is 1. The van der Waals surface area contributed by atoms with Crippen molar-refractivity contribution in [2.75, 3.05) is 26.3 Å². The molecule has 0 unspecified atom stereocenters. The van der Waals surface area contributed by atoms with Crippen LogP contribution in [0.1, 0.15) is 16.1 Å². The Kier molecular flexibility index (Phi) is 4.45. The van der Waals surface area contributed by atoms with E-state index in [9.17, 15) is 9.59 Å². The number of nitrogens with zero attached hydrogens (tertiary/aromatic N) is 4. The fraction of sp³-hybridized carbons (Fsp3) is 0.263. The lowest BCUT2D eigenvalue weighted by Gasteiger charge is -2.26. The van der Waals surface area contributed by atoms with E-state index in [4.69, 9.17) is 4.74 Å². The van der Waals surface area contributed by atoms with Crippen LogP contribution in [0.3, 0.4) is 0 Å². The van der Waals surface area contributed by atoms with Gasteiger partial charge in [0.1, 0.15) is 5.52 Å². The van der Waals surface area contributed by atoms with Crippen LogP contribution in [-0.4, -0.2) is 51.6 Å². The van der Waals surface area contributed by atoms with Crippen LogP contribution in [0.5, 0.6) is 0 Å². The van der Waals surface area contributed by atoms with Crippen LogP contribution in [0.2, 0.25) is 0 Å². The van der Waals surface area contributed by atoms with Crippen molar-refractivity contribution in [2.45, 2.75) is 6.54 Å². The minimum atomic E-state index is -0.420. The van der Waals surface area contributed by atoms with Crippen molar-refractivity contribution in [2.24, 2.45) is 0 Å². The van der Waals surface area contributed by atoms with Crippen LogP contribution < -0.4 is 5.56 Å². The van der Waals surface area contributed by atoms with E-state index < -0.39 is 5.56 Å². The van der Waals surface area contributed by atoms with E-state index in [1.807, 2.05) is 30.3 Å². The zero-order chi connectivity index (χ0) is 17.9. The number of hydrogen-bond donors (Lipinski definition) is 0. The second-order valence-electron chi connectivity index (χ2n) is 6.09. The predicted octanol–water partition coefficient (Wildman–Crippen LogP) is 1.31. The first-order chi connectivity index (χ1) is 12.7. The average Bonchev–Trinajstić information content (AvgIpc) is 2.71. The summed E-state index contributed by atoms with van der Waals surface area (Å²) in [6, 6.07) is 13.1. The Morgan fingerprint density at radius 2 is 1.85 bits per heavy atom. The molecule has 132 valence electrons. The molecule has 7 nitrogen and oxygen atoms in total. The van der Waals surface area contributed by atoms with Gasteiger partial charge in [0.2, 0.25) is 0 Å². The average molecular weight is 350 g/mol. The second-order valence-corrected chi connectivity index (χ2v) is 6.09. The highest BCUT2D eigenvalue weighted by molar-refractivity contribution is 5.93. The number of benzene rings is 1. The number of hydrogen-bond acceptors (Lipinski definition) is 5. The molecule has 0 bridgehead atoms. The molecule has 4 rings (SSSR count). The molecule has 26 heavy (non-hydrogen) atoms. The summed E-state index contributed by atoms with van der Waals surface area (Å²) in [6.45, 7) is 2.20. The molecule has 3 aromatic rings. The summed E-state index contributed by atoms with van der Waals surface area (Å²) < 4.78 is 6.80. The van der Waals surface area contributed by atoms with Crippen molar-refractivity contribution >= 4 is 17.1 Å². The Morgan fingerprint density at radius 1 is 1.08 bits per heavy atom. The minimum absolute atomic E-state index is 0.0664. The van der Waals surface area contributed by atoms with Gasteiger partial charge in [-0.2, -0.15) is 0 Å². The summed E-state index contributed by atoms with van der Waals surface area (Å²) in [6.07, 6.45) is 1.62. The largest absolute Gasteiger partial charge is 0.378 e. The first kappa shape index (κ1) is 16.4. The van der Waals surface area contributed by atoms with Gasteiger partial charge < -0.3 is 9.64 Å². The van der Waals surface area contributed by atoms with Gasteiger partial charge in [0.25, 0.3) is 11.5 Å². The molecule has 7 heteroatoms. The Hall–Kier alpha value is -3.06. The molecular weight excluding hydrogens is 332 g/mol. The van der Waals surface area contributed by atoms with Gasteiger partial charge in [-0.05, 0) is 17.7 Å². The lowest BCUT2D eigenvalue weighted by atomic mass is 10.2. The molecule has 2 aromatic heterocycles. The van der Waals surface area contributed by atoms with Crippen LogP contribution in [0.4, 0.5) is 0 Å². The van der Waals surface area contributed by atoms with Crippen LogP contribution >= 0.6 is 0 Å². The molecule has 0 saturated carbocycles. The van der Waals surface area contributed by atoms with Crippen molar-refractivity contribution in [3.05, 3.63) is 70.3 Å². The maximum atomic E-state index is 13.1. The summed E-state index contributed by atoms with van der Waals surface area (Å²) in [5.41, 5.74) is 1.47. The monoisotopic (exact) mass is 350 g/mol. The zero-order valence-electron chi connectivity index (χ0n) is 14.2. The van der Waals surface area contributed by atoms with Crippen molar-refractivity contribution in [1.29, 1.82) is 0 Å². The number of rotatable bonds is 3.